The number of aromatic nitrogens is 8. The summed E-state index contributed by atoms with van der Waals surface area (Å²) in [6, 6.07) is 60.3. The Hall–Kier alpha value is -9.90. The molecule has 0 amide bonds. The monoisotopic (exact) mass is 1710 g/mol. The van der Waals surface area contributed by atoms with Crippen molar-refractivity contribution in [2.45, 2.75) is 282 Å². The number of ether oxygens (including phenoxy) is 1. The number of nitrogen functional groups attached to an aromatic ring is 1. The van der Waals surface area contributed by atoms with Crippen molar-refractivity contribution >= 4 is 124 Å². The molecule has 15 heteroatoms. The van der Waals surface area contributed by atoms with Gasteiger partial charge in [0.1, 0.15) is 11.3 Å². The van der Waals surface area contributed by atoms with Crippen LogP contribution in [0.15, 0.2) is 223 Å². The van der Waals surface area contributed by atoms with Crippen LogP contribution in [0.3, 0.4) is 0 Å². The largest absolute Gasteiger partial charge is 0.495 e. The van der Waals surface area contributed by atoms with Crippen LogP contribution in [0, 0.1) is 6.92 Å². The fourth-order valence-electron chi connectivity index (χ4n) is 12.6. The van der Waals surface area contributed by atoms with Gasteiger partial charge in [-0.05, 0) is 176 Å². The summed E-state index contributed by atoms with van der Waals surface area (Å²) in [6.07, 6.45) is 10.6. The summed E-state index contributed by atoms with van der Waals surface area (Å²) in [7, 11) is 1.67. The average molecular weight is 1710 g/mol. The lowest BCUT2D eigenvalue weighted by atomic mass is 9.97. The Morgan fingerprint density at radius 3 is 1.23 bits per heavy atom. The van der Waals surface area contributed by atoms with Crippen molar-refractivity contribution in [2.24, 2.45) is 0 Å². The van der Waals surface area contributed by atoms with Crippen LogP contribution in [0.5, 0.6) is 5.75 Å². The minimum Gasteiger partial charge on any atom is -0.495 e. The van der Waals surface area contributed by atoms with Gasteiger partial charge in [0.05, 0.1) is 77.6 Å². The molecule has 0 fully saturated rings. The zero-order valence-electron chi connectivity index (χ0n) is 80.8. The lowest BCUT2D eigenvalue weighted by Gasteiger charge is -2.10. The number of methoxy groups -OCH3 is 1. The molecule has 0 unspecified atom stereocenters. The zero-order chi connectivity index (χ0) is 92.1. The highest BCUT2D eigenvalue weighted by Gasteiger charge is 2.14. The van der Waals surface area contributed by atoms with E-state index in [1.54, 1.807) is 53.5 Å². The molecule has 0 spiro atoms. The van der Waals surface area contributed by atoms with E-state index in [2.05, 4.69) is 279 Å². The number of nitrogens with two attached hydrogens (primary N) is 1. The van der Waals surface area contributed by atoms with Gasteiger partial charge in [-0.1, -0.05) is 342 Å². The Morgan fingerprint density at radius 1 is 0.352 bits per heavy atom. The topological polar surface area (TPSA) is 172 Å². The van der Waals surface area contributed by atoms with Crippen molar-refractivity contribution in [3.05, 3.63) is 274 Å². The van der Waals surface area contributed by atoms with Gasteiger partial charge in [0.25, 0.3) is 0 Å². The maximum Gasteiger partial charge on any atom is 0.181 e. The summed E-state index contributed by atoms with van der Waals surface area (Å²) >= 11 is 5.10. The first kappa shape index (κ1) is 110. The smallest absolute Gasteiger partial charge is 0.181 e. The molecule has 3 N–H and O–H groups in total. The van der Waals surface area contributed by atoms with Crippen molar-refractivity contribution in [1.29, 1.82) is 0 Å². The highest BCUT2D eigenvalue weighted by molar-refractivity contribution is 7.22. The van der Waals surface area contributed by atoms with Crippen LogP contribution in [0.25, 0.3) is 85.2 Å². The summed E-state index contributed by atoms with van der Waals surface area (Å²) in [6.45, 7) is 69.2. The lowest BCUT2D eigenvalue weighted by Crippen LogP contribution is -1.93. The number of hydrogen-bond acceptors (Lipinski definition) is 15. The number of anilines is 1. The quantitative estimate of drug-likeness (QED) is 0.133. The first-order valence-corrected chi connectivity index (χ1v) is 47.2. The highest BCUT2D eigenvalue weighted by Crippen LogP contribution is 2.35. The van der Waals surface area contributed by atoms with E-state index in [9.17, 15) is 0 Å². The van der Waals surface area contributed by atoms with Crippen LogP contribution in [0.1, 0.15) is 324 Å². The molecule has 0 aliphatic rings. The molecule has 660 valence electrons. The zero-order valence-corrected chi connectivity index (χ0v) is 83.2. The number of benzene rings is 8. The number of thiazole rings is 3. The van der Waals surface area contributed by atoms with Crippen LogP contribution in [-0.4, -0.2) is 52.1 Å². The predicted molar refractivity (Wildman–Crippen MR) is 545 cm³/mol. The molecule has 0 aliphatic heterocycles. The van der Waals surface area contributed by atoms with E-state index < -0.39 is 0 Å². The van der Waals surface area contributed by atoms with Crippen molar-refractivity contribution in [3.8, 4) is 5.75 Å². The molecule has 0 bridgehead atoms. The number of aryl methyl sites for hydroxylation is 1. The second-order valence-corrected chi connectivity index (χ2v) is 31.7. The maximum atomic E-state index is 9.09. The van der Waals surface area contributed by atoms with Crippen LogP contribution >= 0.6 is 34.0 Å². The van der Waals surface area contributed by atoms with Gasteiger partial charge in [0.2, 0.25) is 0 Å². The minimum absolute atomic E-state index is 0.0510. The number of oxazole rings is 1. The van der Waals surface area contributed by atoms with Gasteiger partial charge >= 0.3 is 0 Å². The molecule has 12 nitrogen and oxygen atoms in total. The van der Waals surface area contributed by atoms with Crippen molar-refractivity contribution in [2.75, 3.05) is 12.8 Å². The molecule has 0 aliphatic carbocycles. The van der Waals surface area contributed by atoms with Gasteiger partial charge < -0.3 is 20.0 Å². The summed E-state index contributed by atoms with van der Waals surface area (Å²) < 4.78 is 14.4. The van der Waals surface area contributed by atoms with E-state index in [0.717, 1.165) is 65.9 Å². The SMILES string of the molecule is CC.CC.CC.CC.CC.CC.CC.CC.CC(C)c1cccc2cnccc12.CC(C)c1cccc2nc(N)sc12.CC(C)c1cccc2ncc(CO)cc12.CC(C)c1cccc2ncccc12.CC(C)c1cccc2ncoc12.CC(C)c1cccc2ncsc12.COc1cnc2cccc(C(C)C)c2c1.Cc1nc2cccc(C(C)C)c2s1. The van der Waals surface area contributed by atoms with Gasteiger partial charge in [-0.15, -0.1) is 22.7 Å². The lowest BCUT2D eigenvalue weighted by molar-refractivity contribution is 0.281. The second kappa shape index (κ2) is 61.4. The standard InChI is InChI=1S/2C13H15NO.2C12H13N.C11H13NS.C10H12N2S.C10H11NO.C10H11NS.8C2H6/c1-9(2)11-5-4-6-13-12(11)7-10(15-3)8-14-13;1-9(2)11-4-3-5-13-12(11)6-10(8-15)7-14-13;1-9(2)10-5-3-7-12-11(10)6-4-8-13-12;1-9(2)11-5-3-4-10-8-13-7-6-12(10)11;1-7(2)9-5-4-6-10-11(9)13-8(3)12-10;1-6(2)7-4-3-5-8-9(7)13-10(11)12-8;2*1-7(2)8-4-3-5-9-10(8)12-6-11-9;8*1-2/h4-9H,1-3H3;3-7,9,15H,8H2,1-2H3;2*3-9H,1-2H3;4-7H,1-3H3;3-6H,1-2H3,(H2,11,12);2*3-7H,1-2H3;8*1-2H3. The molecule has 0 radical (unpaired) electrons. The molecule has 8 aromatic carbocycles. The molecule has 0 saturated heterocycles. The van der Waals surface area contributed by atoms with Gasteiger partial charge in [-0.2, -0.15) is 0 Å². The summed E-state index contributed by atoms with van der Waals surface area (Å²) in [5, 5.41) is 17.1. The Morgan fingerprint density at radius 2 is 0.746 bits per heavy atom. The van der Waals surface area contributed by atoms with Crippen molar-refractivity contribution in [3.63, 3.8) is 0 Å². The normalized spacial score (nSPS) is 10.1. The molecule has 16 aromatic rings. The van der Waals surface area contributed by atoms with Gasteiger partial charge in [-0.3, -0.25) is 19.9 Å². The molecular weight excluding hydrogens is 1560 g/mol. The Bertz CT molecular complexity index is 5110. The van der Waals surface area contributed by atoms with Crippen molar-refractivity contribution in [1.82, 2.24) is 39.9 Å². The van der Waals surface area contributed by atoms with Crippen LogP contribution in [0.4, 0.5) is 5.13 Å². The van der Waals surface area contributed by atoms with E-state index in [0.29, 0.717) is 52.5 Å². The van der Waals surface area contributed by atoms with Gasteiger partial charge in [0, 0.05) is 46.3 Å². The van der Waals surface area contributed by atoms with E-state index in [1.165, 1.54) is 86.5 Å². The third kappa shape index (κ3) is 33.4. The third-order valence-corrected chi connectivity index (χ3v) is 21.0. The first-order chi connectivity index (χ1) is 59.0. The Kier molecular flexibility index (Phi) is 55.4. The average Bonchev–Trinajstić information content (AvgIpc) is 1.11. The minimum atomic E-state index is 0.0510. The van der Waals surface area contributed by atoms with Crippen LogP contribution in [-0.2, 0) is 6.61 Å². The van der Waals surface area contributed by atoms with Crippen molar-refractivity contribution < 1.29 is 14.3 Å². The second-order valence-electron chi connectivity index (χ2n) is 28.6. The number of aliphatic hydroxyl groups excluding tert-OH is 1. The van der Waals surface area contributed by atoms with E-state index in [4.69, 9.17) is 20.0 Å². The summed E-state index contributed by atoms with van der Waals surface area (Å²) in [5.41, 5.74) is 27.5. The molecule has 122 heavy (non-hydrogen) atoms. The van der Waals surface area contributed by atoms with Crippen LogP contribution < -0.4 is 10.5 Å². The van der Waals surface area contributed by atoms with E-state index in [1.807, 2.05) is 189 Å². The summed E-state index contributed by atoms with van der Waals surface area (Å²) in [5.74, 6) is 5.13. The molecule has 0 saturated carbocycles. The molecule has 0 atom stereocenters. The van der Waals surface area contributed by atoms with Gasteiger partial charge in [0.15, 0.2) is 17.1 Å². The highest BCUT2D eigenvalue weighted by atomic mass is 32.1. The van der Waals surface area contributed by atoms with Gasteiger partial charge in [-0.25, -0.2) is 19.9 Å². The fourth-order valence-corrected chi connectivity index (χ4v) is 15.6. The third-order valence-electron chi connectivity index (χ3n) is 18.1. The molecular formula is C107H151N9O3S3. The van der Waals surface area contributed by atoms with Crippen LogP contribution in [0.2, 0.25) is 0 Å². The van der Waals surface area contributed by atoms with E-state index >= 15 is 0 Å². The summed E-state index contributed by atoms with van der Waals surface area (Å²) in [4.78, 5) is 34.2. The number of rotatable bonds is 10. The maximum absolute atomic E-state index is 9.09. The Balaban J connectivity index is 0.000000681. The molecule has 8 heterocycles. The molecule has 16 rings (SSSR count). The fraction of sp³-hybridized carbons (Fsp3) is 0.402. The number of aliphatic hydroxyl groups is 1. The number of fused-ring (bicyclic) bond motifs is 8. The number of para-hydroxylation sites is 1. The Labute approximate surface area is 748 Å². The number of nitrogens with zero attached hydrogens (tertiary/aromatic N) is 8. The number of pyridine rings is 4. The predicted octanol–water partition coefficient (Wildman–Crippen LogP) is 34.2. The van der Waals surface area contributed by atoms with E-state index in [-0.39, 0.29) is 6.61 Å². The molecule has 8 aromatic heterocycles. The first-order valence-electron chi connectivity index (χ1n) is 44.7. The number of hydrogen-bond donors (Lipinski definition) is 2.